The molecule has 314 valence electrons. The molecule has 2 heteroatoms. The van der Waals surface area contributed by atoms with Crippen molar-refractivity contribution in [2.45, 2.75) is 5.41 Å². The average Bonchev–Trinajstić information content (AvgIpc) is 3.95. The van der Waals surface area contributed by atoms with E-state index in [2.05, 4.69) is 260 Å². The zero-order valence-electron chi connectivity index (χ0n) is 36.7. The minimum Gasteiger partial charge on any atom is -0.455 e. The molecule has 0 fully saturated rings. The average molecular weight is 854 g/mol. The predicted molar refractivity (Wildman–Crippen MR) is 280 cm³/mol. The Hall–Kier alpha value is -8.72. The highest BCUT2D eigenvalue weighted by Gasteiger charge is 2.48. The zero-order valence-corrected chi connectivity index (χ0v) is 36.7. The van der Waals surface area contributed by atoms with Gasteiger partial charge in [-0.1, -0.05) is 224 Å². The van der Waals surface area contributed by atoms with Gasteiger partial charge in [0, 0.05) is 33.1 Å². The molecule has 0 aliphatic heterocycles. The van der Waals surface area contributed by atoms with Gasteiger partial charge in [0.05, 0.1) is 11.1 Å². The molecule has 11 aromatic carbocycles. The Labute approximate surface area is 390 Å². The third-order valence-corrected chi connectivity index (χ3v) is 13.9. The van der Waals surface area contributed by atoms with Gasteiger partial charge in [-0.05, 0) is 103 Å². The fraction of sp³-hybridized carbons (Fsp3) is 0.0154. The monoisotopic (exact) mass is 853 g/mol. The Balaban J connectivity index is 1.09. The molecule has 1 aliphatic carbocycles. The molecule has 1 aromatic heterocycles. The van der Waals surface area contributed by atoms with Gasteiger partial charge in [0.1, 0.15) is 11.2 Å². The standard InChI is InChI=1S/C65H43NO/c1-5-19-44(20-6-1)45-35-39-50(40-36-45)66(51-41-37-47(38-42-51)53-31-17-32-57-55-28-15-16-34-61(55)67-64(53)57)60-43-58-62-52(46-21-7-2-8-22-46)30-18-33-59(62)65(48-23-9-3-10-24-48,49-25-11-4-12-26-49)63(58)56-29-14-13-27-54(56)60/h1-43H. The van der Waals surface area contributed by atoms with Crippen molar-refractivity contribution in [1.82, 2.24) is 0 Å². The van der Waals surface area contributed by atoms with Gasteiger partial charge >= 0.3 is 0 Å². The lowest BCUT2D eigenvalue weighted by molar-refractivity contribution is 0.670. The van der Waals surface area contributed by atoms with Crippen LogP contribution in [0.5, 0.6) is 0 Å². The summed E-state index contributed by atoms with van der Waals surface area (Å²) in [5, 5.41) is 4.65. The van der Waals surface area contributed by atoms with E-state index >= 15 is 0 Å². The van der Waals surface area contributed by atoms with E-state index in [1.54, 1.807) is 0 Å². The first-order valence-corrected chi connectivity index (χ1v) is 23.1. The number of anilines is 3. The molecular formula is C65H43NO. The highest BCUT2D eigenvalue weighted by Crippen LogP contribution is 2.61. The van der Waals surface area contributed by atoms with E-state index < -0.39 is 5.41 Å². The van der Waals surface area contributed by atoms with Crippen LogP contribution in [0.4, 0.5) is 17.1 Å². The Morgan fingerprint density at radius 3 is 1.46 bits per heavy atom. The molecule has 67 heavy (non-hydrogen) atoms. The van der Waals surface area contributed by atoms with Crippen molar-refractivity contribution in [2.24, 2.45) is 0 Å². The highest BCUT2D eigenvalue weighted by molar-refractivity contribution is 6.12. The number of hydrogen-bond donors (Lipinski definition) is 0. The van der Waals surface area contributed by atoms with Gasteiger partial charge in [-0.3, -0.25) is 0 Å². The van der Waals surface area contributed by atoms with Gasteiger partial charge in [0.15, 0.2) is 0 Å². The molecular weight excluding hydrogens is 811 g/mol. The molecule has 1 heterocycles. The molecule has 0 spiro atoms. The van der Waals surface area contributed by atoms with Crippen LogP contribution in [-0.2, 0) is 5.41 Å². The maximum atomic E-state index is 6.53. The lowest BCUT2D eigenvalue weighted by atomic mass is 9.66. The summed E-state index contributed by atoms with van der Waals surface area (Å²) in [7, 11) is 0. The van der Waals surface area contributed by atoms with Crippen molar-refractivity contribution in [1.29, 1.82) is 0 Å². The zero-order chi connectivity index (χ0) is 44.3. The first-order chi connectivity index (χ1) is 33.3. The molecule has 0 saturated heterocycles. The highest BCUT2D eigenvalue weighted by atomic mass is 16.3. The number of benzene rings is 11. The van der Waals surface area contributed by atoms with E-state index in [4.69, 9.17) is 4.42 Å². The van der Waals surface area contributed by atoms with Crippen molar-refractivity contribution in [3.05, 3.63) is 283 Å². The molecule has 13 rings (SSSR count). The molecule has 0 saturated carbocycles. The fourth-order valence-electron chi connectivity index (χ4n) is 11.1. The van der Waals surface area contributed by atoms with E-state index in [1.807, 2.05) is 6.07 Å². The number of fused-ring (bicyclic) bond motifs is 8. The maximum absolute atomic E-state index is 6.53. The topological polar surface area (TPSA) is 16.4 Å². The molecule has 0 unspecified atom stereocenters. The fourth-order valence-corrected chi connectivity index (χ4v) is 11.1. The lowest BCUT2D eigenvalue weighted by Crippen LogP contribution is -2.29. The van der Waals surface area contributed by atoms with Crippen LogP contribution in [0.2, 0.25) is 0 Å². The number of rotatable bonds is 8. The Morgan fingerprint density at radius 2 is 0.806 bits per heavy atom. The minimum atomic E-state index is -0.600. The summed E-state index contributed by atoms with van der Waals surface area (Å²) in [6.07, 6.45) is 0. The van der Waals surface area contributed by atoms with Gasteiger partial charge in [0.2, 0.25) is 0 Å². The maximum Gasteiger partial charge on any atom is 0.143 e. The summed E-state index contributed by atoms with van der Waals surface area (Å²) in [4.78, 5) is 2.46. The Morgan fingerprint density at radius 1 is 0.328 bits per heavy atom. The van der Waals surface area contributed by atoms with Gasteiger partial charge in [-0.15, -0.1) is 0 Å². The normalized spacial score (nSPS) is 12.6. The van der Waals surface area contributed by atoms with Crippen LogP contribution in [0.1, 0.15) is 22.3 Å². The SMILES string of the molecule is c1ccc(-c2ccc(N(c3ccc(-c4cccc5c4oc4ccccc45)cc3)c3cc4c(c5ccccc35)C(c3ccccc3)(c3ccccc3)c3cccc(-c5ccccc5)c3-4)cc2)cc1. The summed E-state index contributed by atoms with van der Waals surface area (Å²) >= 11 is 0. The van der Waals surface area contributed by atoms with Gasteiger partial charge in [0.25, 0.3) is 0 Å². The van der Waals surface area contributed by atoms with Crippen LogP contribution in [0, 0.1) is 0 Å². The third-order valence-electron chi connectivity index (χ3n) is 13.9. The first kappa shape index (κ1) is 38.7. The summed E-state index contributed by atoms with van der Waals surface area (Å²) in [6, 6.07) is 95.1. The van der Waals surface area contributed by atoms with Gasteiger partial charge in [-0.25, -0.2) is 0 Å². The second-order valence-corrected chi connectivity index (χ2v) is 17.5. The lowest BCUT2D eigenvalue weighted by Gasteiger charge is -2.35. The van der Waals surface area contributed by atoms with E-state index in [0.717, 1.165) is 50.1 Å². The van der Waals surface area contributed by atoms with Gasteiger partial charge < -0.3 is 9.32 Å². The number of nitrogens with zero attached hydrogens (tertiary/aromatic N) is 1. The smallest absolute Gasteiger partial charge is 0.143 e. The molecule has 12 aromatic rings. The molecule has 0 atom stereocenters. The van der Waals surface area contributed by atoms with Crippen molar-refractivity contribution in [3.63, 3.8) is 0 Å². The van der Waals surface area contributed by atoms with Crippen LogP contribution in [0.3, 0.4) is 0 Å². The quantitative estimate of drug-likeness (QED) is 0.151. The summed E-state index contributed by atoms with van der Waals surface area (Å²) < 4.78 is 6.53. The van der Waals surface area contributed by atoms with Crippen LogP contribution in [0.25, 0.3) is 77.2 Å². The second-order valence-electron chi connectivity index (χ2n) is 17.5. The van der Waals surface area contributed by atoms with Crippen molar-refractivity contribution < 1.29 is 4.42 Å². The predicted octanol–water partition coefficient (Wildman–Crippen LogP) is 17.6. The number of furan rings is 1. The first-order valence-electron chi connectivity index (χ1n) is 23.1. The van der Waals surface area contributed by atoms with E-state index in [9.17, 15) is 0 Å². The van der Waals surface area contributed by atoms with Gasteiger partial charge in [-0.2, -0.15) is 0 Å². The number of hydrogen-bond acceptors (Lipinski definition) is 2. The molecule has 0 radical (unpaired) electrons. The van der Waals surface area contributed by atoms with E-state index in [0.29, 0.717) is 0 Å². The molecule has 0 bridgehead atoms. The molecule has 0 amide bonds. The van der Waals surface area contributed by atoms with Crippen LogP contribution < -0.4 is 4.90 Å². The molecule has 0 N–H and O–H groups in total. The van der Waals surface area contributed by atoms with Crippen LogP contribution in [-0.4, -0.2) is 0 Å². The summed E-state index contributed by atoms with van der Waals surface area (Å²) in [5.41, 5.74) is 19.0. The third kappa shape index (κ3) is 6.11. The van der Waals surface area contributed by atoms with E-state index in [-0.39, 0.29) is 0 Å². The van der Waals surface area contributed by atoms with E-state index in [1.165, 1.54) is 66.4 Å². The van der Waals surface area contributed by atoms with Crippen LogP contribution >= 0.6 is 0 Å². The summed E-state index contributed by atoms with van der Waals surface area (Å²) in [6.45, 7) is 0. The Kier molecular flexibility index (Phi) is 9.11. The van der Waals surface area contributed by atoms with Crippen LogP contribution in [0.15, 0.2) is 265 Å². The summed E-state index contributed by atoms with van der Waals surface area (Å²) in [5.74, 6) is 0. The van der Waals surface area contributed by atoms with Crippen molar-refractivity contribution in [3.8, 4) is 44.5 Å². The van der Waals surface area contributed by atoms with Crippen molar-refractivity contribution in [2.75, 3.05) is 4.90 Å². The second kappa shape index (κ2) is 15.8. The van der Waals surface area contributed by atoms with Crippen molar-refractivity contribution >= 4 is 49.8 Å². The Bertz CT molecular complexity index is 3720. The molecule has 2 nitrogen and oxygen atoms in total. The number of para-hydroxylation sites is 2. The molecule has 1 aliphatic rings. The minimum absolute atomic E-state index is 0.600. The largest absolute Gasteiger partial charge is 0.455 e.